The zero-order chi connectivity index (χ0) is 16.9. The molecule has 1 aliphatic heterocycles. The summed E-state index contributed by atoms with van der Waals surface area (Å²) in [4.78, 5) is 24.9. The van der Waals surface area contributed by atoms with Gasteiger partial charge in [-0.1, -0.05) is 0 Å². The Labute approximate surface area is 161 Å². The van der Waals surface area contributed by atoms with Crippen LogP contribution in [0.1, 0.15) is 41.4 Å². The van der Waals surface area contributed by atoms with Crippen molar-refractivity contribution in [2.75, 3.05) is 19.7 Å². The second-order valence-corrected chi connectivity index (χ2v) is 7.89. The predicted molar refractivity (Wildman–Crippen MR) is 105 cm³/mol. The van der Waals surface area contributed by atoms with Gasteiger partial charge in [0, 0.05) is 23.2 Å². The number of amides is 1. The summed E-state index contributed by atoms with van der Waals surface area (Å²) in [6, 6.07) is 2.01. The number of carbonyl (C=O) groups is 2. The molecule has 3 heterocycles. The molecule has 8 heteroatoms. The Morgan fingerprint density at radius 1 is 1.44 bits per heavy atom. The summed E-state index contributed by atoms with van der Waals surface area (Å²) in [5.74, 6) is 0.357. The Balaban J connectivity index is 0.00000225. The highest BCUT2D eigenvalue weighted by atomic mass is 35.5. The first-order valence-corrected chi connectivity index (χ1v) is 10.0. The molecule has 0 radical (unpaired) electrons. The minimum absolute atomic E-state index is 0. The molecule has 1 unspecified atom stereocenters. The van der Waals surface area contributed by atoms with Crippen molar-refractivity contribution in [1.82, 2.24) is 10.6 Å². The first-order valence-electron chi connectivity index (χ1n) is 8.32. The summed E-state index contributed by atoms with van der Waals surface area (Å²) in [6.45, 7) is 4.61. The van der Waals surface area contributed by atoms with E-state index < -0.39 is 0 Å². The molecule has 0 saturated carbocycles. The quantitative estimate of drug-likeness (QED) is 0.695. The maximum atomic E-state index is 12.2. The summed E-state index contributed by atoms with van der Waals surface area (Å²) in [6.07, 6.45) is 2.61. The van der Waals surface area contributed by atoms with Crippen molar-refractivity contribution in [2.24, 2.45) is 5.92 Å². The van der Waals surface area contributed by atoms with Crippen LogP contribution in [0.2, 0.25) is 0 Å². The van der Waals surface area contributed by atoms with Crippen molar-refractivity contribution in [3.63, 3.8) is 0 Å². The first-order chi connectivity index (χ1) is 11.7. The lowest BCUT2D eigenvalue weighted by molar-refractivity contribution is -0.121. The molecular formula is C17H23ClN2O3S2. The molecule has 1 fully saturated rings. The van der Waals surface area contributed by atoms with E-state index in [1.165, 1.54) is 11.3 Å². The highest BCUT2D eigenvalue weighted by Gasteiger charge is 2.21. The fraction of sp³-hybridized carbons (Fsp3) is 0.529. The van der Waals surface area contributed by atoms with E-state index in [0.29, 0.717) is 30.4 Å². The molecule has 2 aromatic heterocycles. The van der Waals surface area contributed by atoms with Crippen LogP contribution in [0.3, 0.4) is 0 Å². The van der Waals surface area contributed by atoms with Gasteiger partial charge >= 0.3 is 5.97 Å². The minimum Gasteiger partial charge on any atom is -0.462 e. The molecular weight excluding hydrogens is 380 g/mol. The second-order valence-electron chi connectivity index (χ2n) is 5.92. The Morgan fingerprint density at radius 3 is 3.00 bits per heavy atom. The number of fused-ring (bicyclic) bond motifs is 1. The van der Waals surface area contributed by atoms with E-state index in [1.54, 1.807) is 18.3 Å². The summed E-state index contributed by atoms with van der Waals surface area (Å²) < 4.78 is 7.29. The third-order valence-corrected chi connectivity index (χ3v) is 6.54. The number of hydrogen-bond donors (Lipinski definition) is 2. The molecule has 1 atom stereocenters. The first kappa shape index (κ1) is 20.2. The van der Waals surface area contributed by atoms with Gasteiger partial charge in [0.05, 0.1) is 11.3 Å². The summed E-state index contributed by atoms with van der Waals surface area (Å²) in [5.41, 5.74) is 0.888. The summed E-state index contributed by atoms with van der Waals surface area (Å²) in [7, 11) is 0. The van der Waals surface area contributed by atoms with Crippen LogP contribution >= 0.6 is 35.1 Å². The number of hydrogen-bond acceptors (Lipinski definition) is 6. The zero-order valence-corrected chi connectivity index (χ0v) is 16.6. The van der Waals surface area contributed by atoms with Gasteiger partial charge in [-0.25, -0.2) is 4.79 Å². The van der Waals surface area contributed by atoms with Crippen molar-refractivity contribution in [3.8, 4) is 0 Å². The Bertz CT molecular complexity index is 723. The molecule has 0 spiro atoms. The molecule has 1 aliphatic rings. The Kier molecular flexibility index (Phi) is 7.68. The van der Waals surface area contributed by atoms with E-state index in [0.717, 1.165) is 40.9 Å². The number of thiophene rings is 2. The average Bonchev–Trinajstić information content (AvgIpc) is 3.28. The van der Waals surface area contributed by atoms with Crippen molar-refractivity contribution in [1.29, 1.82) is 0 Å². The van der Waals surface area contributed by atoms with E-state index in [1.807, 2.05) is 11.4 Å². The fourth-order valence-corrected chi connectivity index (χ4v) is 5.24. The van der Waals surface area contributed by atoms with Crippen LogP contribution in [0.4, 0.5) is 0 Å². The number of halogens is 1. The average molecular weight is 403 g/mol. The van der Waals surface area contributed by atoms with Gasteiger partial charge in [-0.15, -0.1) is 35.1 Å². The lowest BCUT2D eigenvalue weighted by atomic mass is 10.0. The molecule has 25 heavy (non-hydrogen) atoms. The summed E-state index contributed by atoms with van der Waals surface area (Å²) in [5, 5.41) is 8.30. The molecule has 1 saturated heterocycles. The molecule has 0 aromatic carbocycles. The smallest absolute Gasteiger partial charge is 0.348 e. The Hall–Kier alpha value is -1.15. The van der Waals surface area contributed by atoms with Crippen molar-refractivity contribution >= 4 is 56.4 Å². The largest absolute Gasteiger partial charge is 0.462 e. The maximum Gasteiger partial charge on any atom is 0.348 e. The minimum atomic E-state index is -0.299. The molecule has 2 N–H and O–H groups in total. The van der Waals surface area contributed by atoms with Gasteiger partial charge < -0.3 is 15.4 Å². The fourth-order valence-electron chi connectivity index (χ4n) is 2.97. The maximum absolute atomic E-state index is 12.2. The second kappa shape index (κ2) is 9.52. The van der Waals surface area contributed by atoms with Crippen molar-refractivity contribution in [2.45, 2.75) is 32.7 Å². The molecule has 1 amide bonds. The van der Waals surface area contributed by atoms with Crippen LogP contribution in [-0.2, 0) is 16.1 Å². The van der Waals surface area contributed by atoms with Gasteiger partial charge in [0.15, 0.2) is 0 Å². The highest BCUT2D eigenvalue weighted by Crippen LogP contribution is 2.35. The van der Waals surface area contributed by atoms with Gasteiger partial charge in [-0.3, -0.25) is 4.79 Å². The number of nitrogens with one attached hydrogen (secondary N) is 2. The van der Waals surface area contributed by atoms with Crippen molar-refractivity contribution in [3.05, 3.63) is 21.9 Å². The third kappa shape index (κ3) is 4.94. The number of carbonyl (C=O) groups excluding carboxylic acids is 2. The Morgan fingerprint density at radius 2 is 2.28 bits per heavy atom. The third-order valence-electron chi connectivity index (χ3n) is 4.25. The van der Waals surface area contributed by atoms with E-state index in [9.17, 15) is 9.59 Å². The van der Waals surface area contributed by atoms with Crippen molar-refractivity contribution < 1.29 is 14.3 Å². The molecule has 0 aliphatic carbocycles. The van der Waals surface area contributed by atoms with Crippen LogP contribution in [0.25, 0.3) is 9.40 Å². The molecule has 3 rings (SSSR count). The lowest BCUT2D eigenvalue weighted by Gasteiger charge is -2.09. The molecule has 5 nitrogen and oxygen atoms in total. The van der Waals surface area contributed by atoms with Gasteiger partial charge in [-0.05, 0) is 50.2 Å². The monoisotopic (exact) mass is 402 g/mol. The highest BCUT2D eigenvalue weighted by molar-refractivity contribution is 7.28. The van der Waals surface area contributed by atoms with E-state index in [-0.39, 0.29) is 24.3 Å². The zero-order valence-electron chi connectivity index (χ0n) is 14.1. The van der Waals surface area contributed by atoms with Crippen LogP contribution in [0, 0.1) is 5.92 Å². The van der Waals surface area contributed by atoms with E-state index in [2.05, 4.69) is 10.6 Å². The van der Waals surface area contributed by atoms with Gasteiger partial charge in [0.2, 0.25) is 5.91 Å². The molecule has 0 bridgehead atoms. The lowest BCUT2D eigenvalue weighted by Crippen LogP contribution is -2.24. The summed E-state index contributed by atoms with van der Waals surface area (Å²) >= 11 is 3.04. The van der Waals surface area contributed by atoms with Gasteiger partial charge in [-0.2, -0.15) is 0 Å². The van der Waals surface area contributed by atoms with Crippen LogP contribution in [0.15, 0.2) is 11.4 Å². The molecule has 2 aromatic rings. The number of esters is 1. The van der Waals surface area contributed by atoms with E-state index >= 15 is 0 Å². The standard InChI is InChI=1S/C17H22N2O3S2.ClH/c1-2-22-17(21)16-12(15-13(24-16)6-8-23-15)10-19-14(20)4-3-11-5-7-18-9-11;/h6,8,11,18H,2-5,7,9-10H2,1H3,(H,19,20);1H. The number of ether oxygens (including phenoxy) is 1. The van der Waals surface area contributed by atoms with E-state index in [4.69, 9.17) is 4.74 Å². The molecule has 138 valence electrons. The normalized spacial score (nSPS) is 16.6. The van der Waals surface area contributed by atoms with Gasteiger partial charge in [0.1, 0.15) is 4.88 Å². The van der Waals surface area contributed by atoms with Crippen LogP contribution in [0.5, 0.6) is 0 Å². The van der Waals surface area contributed by atoms with Gasteiger partial charge in [0.25, 0.3) is 0 Å². The van der Waals surface area contributed by atoms with Crippen LogP contribution < -0.4 is 10.6 Å². The van der Waals surface area contributed by atoms with Crippen LogP contribution in [-0.4, -0.2) is 31.6 Å². The predicted octanol–water partition coefficient (Wildman–Crippen LogP) is 3.57. The number of rotatable bonds is 7. The SMILES string of the molecule is CCOC(=O)c1sc2ccsc2c1CNC(=O)CCC1CCNC1.Cl. The topological polar surface area (TPSA) is 67.4 Å².